The van der Waals surface area contributed by atoms with Gasteiger partial charge in [0, 0.05) is 49.3 Å². The zero-order valence-electron chi connectivity index (χ0n) is 28.7. The molecule has 262 valence electrons. The third kappa shape index (κ3) is 9.54. The summed E-state index contributed by atoms with van der Waals surface area (Å²) in [5.74, 6) is 1.60. The van der Waals surface area contributed by atoms with Gasteiger partial charge in [-0.2, -0.15) is 0 Å². The molecule has 0 saturated carbocycles. The fourth-order valence-electron chi connectivity index (χ4n) is 5.82. The third-order valence-corrected chi connectivity index (χ3v) is 9.03. The second-order valence-electron chi connectivity index (χ2n) is 13.3. The number of aliphatic imine (C=N–C) groups is 1. The maximum absolute atomic E-state index is 13.5. The zero-order chi connectivity index (χ0) is 35.0. The van der Waals surface area contributed by atoms with Crippen LogP contribution in [0.25, 0.3) is 0 Å². The number of carbonyl (C=O) groups is 1. The van der Waals surface area contributed by atoms with Crippen molar-refractivity contribution < 1.29 is 13.7 Å². The number of nitrogens with one attached hydrogen (secondary N) is 4. The summed E-state index contributed by atoms with van der Waals surface area (Å²) >= 11 is 1.31. The molecule has 49 heavy (non-hydrogen) atoms. The van der Waals surface area contributed by atoms with Crippen molar-refractivity contribution in [3.05, 3.63) is 83.5 Å². The van der Waals surface area contributed by atoms with Gasteiger partial charge in [0.15, 0.2) is 5.82 Å². The minimum atomic E-state index is -0.410. The lowest BCUT2D eigenvalue weighted by atomic mass is 9.85. The fraction of sp³-hybridized carbons (Fsp3) is 0.457. The molecule has 1 aliphatic carbocycles. The maximum Gasteiger partial charge on any atom is 0.320 e. The van der Waals surface area contributed by atoms with Crippen LogP contribution in [-0.2, 0) is 10.7 Å². The number of pyridine rings is 1. The quantitative estimate of drug-likeness (QED) is 0.0843. The number of amidine groups is 1. The van der Waals surface area contributed by atoms with Crippen molar-refractivity contribution in [2.75, 3.05) is 26.0 Å². The second kappa shape index (κ2) is 16.2. The number of allylic oxidation sites excluding steroid dienone is 1. The summed E-state index contributed by atoms with van der Waals surface area (Å²) < 4.78 is 15.3. The van der Waals surface area contributed by atoms with E-state index in [1.807, 2.05) is 60.8 Å². The number of likely N-dealkylation sites (tertiary alicyclic amines) is 1. The van der Waals surface area contributed by atoms with Crippen LogP contribution in [0.4, 0.5) is 10.6 Å². The molecule has 5 rings (SSSR count). The highest BCUT2D eigenvalue weighted by Gasteiger charge is 2.30. The molecular weight excluding hydrogens is 641 g/mol. The number of nitrogens with two attached hydrogens (primary N) is 1. The average Bonchev–Trinajstić information content (AvgIpc) is 3.53. The molecule has 2 amide bonds. The minimum Gasteiger partial charge on any atom is -0.484 e. The van der Waals surface area contributed by atoms with Crippen LogP contribution in [0.3, 0.4) is 0 Å². The van der Waals surface area contributed by atoms with Gasteiger partial charge in [0.25, 0.3) is 0 Å². The number of ether oxygens (including phenoxy) is 1. The summed E-state index contributed by atoms with van der Waals surface area (Å²) in [5, 5.41) is 23.2. The summed E-state index contributed by atoms with van der Waals surface area (Å²) in [6, 6.07) is 10.7. The first-order valence-electron chi connectivity index (χ1n) is 16.7. The Labute approximate surface area is 292 Å². The van der Waals surface area contributed by atoms with Gasteiger partial charge in [0.05, 0.1) is 25.2 Å². The molecule has 3 aromatic rings. The topological polar surface area (TPSA) is 172 Å². The molecule has 2 unspecified atom stereocenters. The molecule has 14 heteroatoms. The van der Waals surface area contributed by atoms with E-state index in [1.165, 1.54) is 18.5 Å². The molecule has 2 atom stereocenters. The molecule has 1 saturated heterocycles. The van der Waals surface area contributed by atoms with Crippen molar-refractivity contribution in [3.63, 3.8) is 0 Å². The SMILES string of the molecule is CSOCCn1cnc(/N=C(/C=C(\N)C(C)(C)C)NC(=O)NC2CCC(Oc3ccc(=N)n(C(=N)N4CCCCC4)c3)c3ccccc32)c1. The lowest BCUT2D eigenvalue weighted by Crippen LogP contribution is -2.43. The first-order valence-corrected chi connectivity index (χ1v) is 17.8. The Morgan fingerprint density at radius 1 is 1.12 bits per heavy atom. The van der Waals surface area contributed by atoms with Crippen molar-refractivity contribution in [2.45, 2.75) is 71.6 Å². The minimum absolute atomic E-state index is 0.235. The van der Waals surface area contributed by atoms with Gasteiger partial charge in [-0.1, -0.05) is 45.0 Å². The van der Waals surface area contributed by atoms with Gasteiger partial charge in [0.1, 0.15) is 23.2 Å². The van der Waals surface area contributed by atoms with Crippen LogP contribution >= 0.6 is 12.0 Å². The van der Waals surface area contributed by atoms with Gasteiger partial charge in [-0.05, 0) is 67.4 Å². The summed E-state index contributed by atoms with van der Waals surface area (Å²) in [7, 11) is 0. The first kappa shape index (κ1) is 35.7. The van der Waals surface area contributed by atoms with E-state index in [1.54, 1.807) is 41.5 Å². The maximum atomic E-state index is 13.5. The molecule has 13 nitrogen and oxygen atoms in total. The van der Waals surface area contributed by atoms with Crippen molar-refractivity contribution in [2.24, 2.45) is 16.1 Å². The van der Waals surface area contributed by atoms with Crippen molar-refractivity contribution in [1.82, 2.24) is 29.7 Å². The number of imidazole rings is 1. The standard InChI is InChI=1S/C35H48N10O3S/c1-35(2,3)29(36)20-31(41-32-22-43(23-39-32)18-19-47-49-4)42-34(46)40-27-13-14-28(26-11-7-6-10-25(26)27)48-24-12-15-30(37)45(21-24)33(38)44-16-8-5-9-17-44/h6-7,10-12,15,20-23,27-28,37-38H,5,8-9,13-14,16-19,36H2,1-4H3,(H2,40,41,42,46)/b29-20-,37-30?,38-33?. The Balaban J connectivity index is 1.30. The Bertz CT molecular complexity index is 1740. The highest BCUT2D eigenvalue weighted by atomic mass is 32.2. The predicted octanol–water partition coefficient (Wildman–Crippen LogP) is 5.60. The van der Waals surface area contributed by atoms with E-state index in [4.69, 9.17) is 25.5 Å². The normalized spacial score (nSPS) is 18.5. The van der Waals surface area contributed by atoms with E-state index < -0.39 is 6.03 Å². The van der Waals surface area contributed by atoms with Crippen molar-refractivity contribution >= 4 is 35.7 Å². The number of hydrogen-bond donors (Lipinski definition) is 5. The molecule has 2 aliphatic rings. The Hall–Kier alpha value is -4.56. The highest BCUT2D eigenvalue weighted by molar-refractivity contribution is 7.93. The molecule has 1 fully saturated rings. The van der Waals surface area contributed by atoms with Crippen LogP contribution in [0, 0.1) is 16.2 Å². The Morgan fingerprint density at radius 3 is 2.61 bits per heavy atom. The number of nitrogens with zero attached hydrogens (tertiary/aromatic N) is 5. The van der Waals surface area contributed by atoms with Crippen LogP contribution in [0.1, 0.15) is 76.1 Å². The molecule has 6 N–H and O–H groups in total. The number of piperidine rings is 1. The van der Waals surface area contributed by atoms with E-state index in [-0.39, 0.29) is 28.9 Å². The van der Waals surface area contributed by atoms with Crippen LogP contribution in [0.15, 0.2) is 71.9 Å². The van der Waals surface area contributed by atoms with Gasteiger partial charge in [-0.3, -0.25) is 20.7 Å². The number of fused-ring (bicyclic) bond motifs is 1. The predicted molar refractivity (Wildman–Crippen MR) is 193 cm³/mol. The zero-order valence-corrected chi connectivity index (χ0v) is 29.6. The number of carbonyl (C=O) groups excluding carboxylic acids is 1. The Morgan fingerprint density at radius 2 is 1.88 bits per heavy atom. The van der Waals surface area contributed by atoms with Gasteiger partial charge in [-0.15, -0.1) is 0 Å². The molecule has 0 bridgehead atoms. The van der Waals surface area contributed by atoms with Crippen LogP contribution in [0.5, 0.6) is 5.75 Å². The van der Waals surface area contributed by atoms with Gasteiger partial charge < -0.3 is 29.4 Å². The van der Waals surface area contributed by atoms with Crippen LogP contribution < -0.4 is 26.6 Å². The van der Waals surface area contributed by atoms with Gasteiger partial charge in [0.2, 0.25) is 5.96 Å². The van der Waals surface area contributed by atoms with Crippen LogP contribution in [-0.4, -0.2) is 62.8 Å². The average molecular weight is 689 g/mol. The van der Waals surface area contributed by atoms with E-state index in [2.05, 4.69) is 20.6 Å². The lowest BCUT2D eigenvalue weighted by Gasteiger charge is -2.33. The third-order valence-electron chi connectivity index (χ3n) is 8.63. The number of aromatic nitrogens is 3. The van der Waals surface area contributed by atoms with E-state index in [0.717, 1.165) is 37.1 Å². The van der Waals surface area contributed by atoms with Crippen molar-refractivity contribution in [1.29, 1.82) is 10.8 Å². The summed E-state index contributed by atoms with van der Waals surface area (Å²) in [6.45, 7) is 8.77. The molecule has 0 radical (unpaired) electrons. The monoisotopic (exact) mass is 688 g/mol. The van der Waals surface area contributed by atoms with Crippen LogP contribution in [0.2, 0.25) is 0 Å². The molecular formula is C35H48N10O3S. The molecule has 1 aromatic carbocycles. The molecule has 1 aliphatic heterocycles. The number of rotatable bonds is 9. The summed E-state index contributed by atoms with van der Waals surface area (Å²) in [4.78, 5) is 24.5. The number of hydrogen-bond acceptors (Lipinski definition) is 9. The fourth-order valence-corrected chi connectivity index (χ4v) is 6.06. The molecule has 0 spiro atoms. The van der Waals surface area contributed by atoms with Gasteiger partial charge >= 0.3 is 6.03 Å². The first-order chi connectivity index (χ1) is 23.5. The Kier molecular flexibility index (Phi) is 11.8. The van der Waals surface area contributed by atoms with Crippen molar-refractivity contribution in [3.8, 4) is 5.75 Å². The number of amides is 2. The smallest absolute Gasteiger partial charge is 0.320 e. The second-order valence-corrected chi connectivity index (χ2v) is 13.8. The number of benzene rings is 1. The number of urea groups is 1. The summed E-state index contributed by atoms with van der Waals surface area (Å²) in [6.07, 6.45) is 13.1. The lowest BCUT2D eigenvalue weighted by molar-refractivity contribution is 0.171. The van der Waals surface area contributed by atoms with E-state index in [9.17, 15) is 4.79 Å². The van der Waals surface area contributed by atoms with E-state index >= 15 is 0 Å². The largest absolute Gasteiger partial charge is 0.484 e. The summed E-state index contributed by atoms with van der Waals surface area (Å²) in [5.41, 5.74) is 8.80. The highest BCUT2D eigenvalue weighted by Crippen LogP contribution is 2.38. The van der Waals surface area contributed by atoms with Gasteiger partial charge in [-0.25, -0.2) is 14.8 Å². The molecule has 2 aromatic heterocycles. The molecule has 3 heterocycles. The van der Waals surface area contributed by atoms with E-state index in [0.29, 0.717) is 49.2 Å².